The molecule has 4 aromatic rings. The maximum atomic E-state index is 15.0. The van der Waals surface area contributed by atoms with E-state index in [1.165, 1.54) is 30.3 Å². The maximum absolute atomic E-state index is 15.0. The van der Waals surface area contributed by atoms with Crippen molar-refractivity contribution in [3.8, 4) is 22.6 Å². The third kappa shape index (κ3) is 8.33. The average Bonchev–Trinajstić information content (AvgIpc) is 3.27. The molecule has 3 aromatic carbocycles. The van der Waals surface area contributed by atoms with Crippen molar-refractivity contribution >= 4 is 19.3 Å². The maximum Gasteiger partial charge on any atom is 0.406 e. The van der Waals surface area contributed by atoms with E-state index >= 15 is 0 Å². The highest BCUT2D eigenvalue weighted by Crippen LogP contribution is 2.48. The Morgan fingerprint density at radius 3 is 2.37 bits per heavy atom. The van der Waals surface area contributed by atoms with Crippen LogP contribution in [0.25, 0.3) is 11.1 Å². The van der Waals surface area contributed by atoms with Gasteiger partial charge in [-0.3, -0.25) is 23.7 Å². The summed E-state index contributed by atoms with van der Waals surface area (Å²) in [6, 6.07) is 16.8. The number of nitrogens with two attached hydrogens (primary N) is 1. The summed E-state index contributed by atoms with van der Waals surface area (Å²) in [4.78, 5) is 26.6. The summed E-state index contributed by atoms with van der Waals surface area (Å²) in [5, 5.41) is 24.7. The number of aliphatic hydroxyl groups is 1. The lowest BCUT2D eigenvalue weighted by Crippen LogP contribution is -2.42. The van der Waals surface area contributed by atoms with Gasteiger partial charge < -0.3 is 20.3 Å². The molecule has 14 nitrogen and oxygen atoms in total. The predicted octanol–water partition coefficient (Wildman–Crippen LogP) is 5.57. The lowest BCUT2D eigenvalue weighted by molar-refractivity contribution is -0.385. The normalized spacial score (nSPS) is 19.9. The zero-order valence-corrected chi connectivity index (χ0v) is 26.8. The lowest BCUT2D eigenvalue weighted by atomic mass is 10.1. The molecule has 5 rings (SSSR count). The Bertz CT molecular complexity index is 1910. The Hall–Kier alpha value is -4.64. The minimum atomic E-state index is -4.30. The Morgan fingerprint density at radius 2 is 1.76 bits per heavy atom. The van der Waals surface area contributed by atoms with E-state index < -0.39 is 62.0 Å². The highest BCUT2D eigenvalue weighted by Gasteiger charge is 2.60. The number of benzene rings is 3. The van der Waals surface area contributed by atoms with Crippen molar-refractivity contribution in [2.45, 2.75) is 50.9 Å². The van der Waals surface area contributed by atoms with Crippen molar-refractivity contribution in [3.05, 3.63) is 111 Å². The summed E-state index contributed by atoms with van der Waals surface area (Å²) in [5.41, 5.74) is 5.69. The quantitative estimate of drug-likeness (QED) is 0.0893. The minimum Gasteiger partial charge on any atom is -0.450 e. The van der Waals surface area contributed by atoms with Crippen LogP contribution in [0.15, 0.2) is 83.8 Å². The standard InChI is InChI=1S/C31H31F3N5O9P/c1-18(2)37-49(44,46-17-26-28(40)31(33,34)29(48-26)38-14-13-27(35)36-30(38)41)45-16-19-3-12-24(39(42)43)25(15-19)47-23-10-6-21(7-11-23)20-4-8-22(32)9-5-20/h3-15,18,26,28-29,40H,16-17H2,1-2H3,(H,37,44)(H2,35,36,41). The van der Waals surface area contributed by atoms with Crippen LogP contribution in [-0.2, 0) is 25.0 Å². The second kappa shape index (κ2) is 14.5. The van der Waals surface area contributed by atoms with E-state index in [1.54, 1.807) is 50.2 Å². The van der Waals surface area contributed by atoms with Crippen molar-refractivity contribution in [3.63, 3.8) is 0 Å². The van der Waals surface area contributed by atoms with E-state index in [0.29, 0.717) is 4.57 Å². The molecule has 1 aromatic heterocycles. The van der Waals surface area contributed by atoms with Crippen LogP contribution in [0.1, 0.15) is 25.6 Å². The van der Waals surface area contributed by atoms with E-state index in [0.717, 1.165) is 23.4 Å². The number of aromatic nitrogens is 2. The van der Waals surface area contributed by atoms with Gasteiger partial charge in [-0.25, -0.2) is 18.8 Å². The van der Waals surface area contributed by atoms with Crippen LogP contribution in [0, 0.1) is 15.9 Å². The molecule has 0 amide bonds. The van der Waals surface area contributed by atoms with Crippen LogP contribution >= 0.6 is 7.75 Å². The van der Waals surface area contributed by atoms with E-state index in [-0.39, 0.29) is 34.4 Å². The van der Waals surface area contributed by atoms with Crippen molar-refractivity contribution in [1.29, 1.82) is 0 Å². The topological polar surface area (TPSA) is 190 Å². The van der Waals surface area contributed by atoms with Gasteiger partial charge in [0.05, 0.1) is 18.1 Å². The molecule has 1 aliphatic heterocycles. The highest BCUT2D eigenvalue weighted by atomic mass is 31.2. The number of hydrogen-bond acceptors (Lipinski definition) is 11. The fourth-order valence-electron chi connectivity index (χ4n) is 4.84. The smallest absolute Gasteiger partial charge is 0.406 e. The third-order valence-corrected chi connectivity index (χ3v) is 8.98. The molecule has 49 heavy (non-hydrogen) atoms. The molecule has 18 heteroatoms. The number of hydrogen-bond donors (Lipinski definition) is 3. The molecular formula is C31H31F3N5O9P. The number of halogens is 3. The fraction of sp³-hybridized carbons (Fsp3) is 0.290. The van der Waals surface area contributed by atoms with Gasteiger partial charge >= 0.3 is 25.0 Å². The van der Waals surface area contributed by atoms with Gasteiger partial charge in [-0.15, -0.1) is 0 Å². The lowest BCUT2D eigenvalue weighted by Gasteiger charge is -2.23. The number of ether oxygens (including phenoxy) is 2. The second-order valence-corrected chi connectivity index (χ2v) is 13.0. The van der Waals surface area contributed by atoms with Crippen molar-refractivity contribution in [2.75, 3.05) is 12.3 Å². The SMILES string of the molecule is CC(C)NP(=O)(OCc1ccc([N+](=O)[O-])c(Oc2ccc(-c3ccc(F)cc3)cc2)c1)OCC1OC(n2ccc(N)nc2=O)C(F)(F)C1O. The molecule has 2 heterocycles. The second-order valence-electron chi connectivity index (χ2n) is 11.2. The van der Waals surface area contributed by atoms with E-state index in [2.05, 4.69) is 10.1 Å². The van der Waals surface area contributed by atoms with E-state index in [9.17, 15) is 37.8 Å². The van der Waals surface area contributed by atoms with Crippen molar-refractivity contribution in [2.24, 2.45) is 0 Å². The Labute approximate surface area is 276 Å². The zero-order valence-electron chi connectivity index (χ0n) is 25.9. The van der Waals surface area contributed by atoms with Crippen LogP contribution in [0.3, 0.4) is 0 Å². The number of nitro benzene ring substituents is 1. The molecule has 0 radical (unpaired) electrons. The van der Waals surface area contributed by atoms with Gasteiger partial charge in [0.15, 0.2) is 6.10 Å². The molecule has 4 N–H and O–H groups in total. The molecule has 0 spiro atoms. The van der Waals surface area contributed by atoms with Crippen LogP contribution in [0.2, 0.25) is 0 Å². The minimum absolute atomic E-state index is 0.156. The van der Waals surface area contributed by atoms with Gasteiger partial charge in [-0.05, 0) is 73.0 Å². The molecule has 1 aliphatic rings. The van der Waals surface area contributed by atoms with Gasteiger partial charge in [0, 0.05) is 18.3 Å². The van der Waals surface area contributed by atoms with Crippen molar-refractivity contribution < 1.29 is 46.3 Å². The first kappa shape index (κ1) is 35.7. The van der Waals surface area contributed by atoms with Crippen LogP contribution in [0.5, 0.6) is 11.5 Å². The van der Waals surface area contributed by atoms with Gasteiger partial charge in [-0.2, -0.15) is 13.8 Å². The molecule has 0 bridgehead atoms. The number of nitrogens with one attached hydrogen (secondary N) is 1. The first-order chi connectivity index (χ1) is 23.1. The molecule has 4 unspecified atom stereocenters. The number of nitro groups is 1. The van der Waals surface area contributed by atoms with Crippen LogP contribution in [-0.4, -0.2) is 50.4 Å². The zero-order chi connectivity index (χ0) is 35.5. The molecule has 1 fully saturated rings. The first-order valence-corrected chi connectivity index (χ1v) is 16.2. The summed E-state index contributed by atoms with van der Waals surface area (Å²) in [6.45, 7) is 1.95. The van der Waals surface area contributed by atoms with Gasteiger partial charge in [0.25, 0.3) is 0 Å². The average molecular weight is 706 g/mol. The van der Waals surface area contributed by atoms with Gasteiger partial charge in [0.2, 0.25) is 12.0 Å². The summed E-state index contributed by atoms with van der Waals surface area (Å²) < 4.78 is 79.4. The Kier molecular flexibility index (Phi) is 10.5. The molecule has 0 aliphatic carbocycles. The largest absolute Gasteiger partial charge is 0.450 e. The van der Waals surface area contributed by atoms with E-state index in [1.807, 2.05) is 0 Å². The van der Waals surface area contributed by atoms with E-state index in [4.69, 9.17) is 24.3 Å². The predicted molar refractivity (Wildman–Crippen MR) is 169 cm³/mol. The number of alkyl halides is 2. The first-order valence-electron chi connectivity index (χ1n) is 14.7. The van der Waals surface area contributed by atoms with Crippen LogP contribution in [0.4, 0.5) is 24.7 Å². The van der Waals surface area contributed by atoms with Gasteiger partial charge in [0.1, 0.15) is 23.5 Å². The van der Waals surface area contributed by atoms with Crippen LogP contribution < -0.4 is 21.2 Å². The molecular weight excluding hydrogens is 674 g/mol. The summed E-state index contributed by atoms with van der Waals surface area (Å²) >= 11 is 0. The number of aliphatic hydroxyl groups excluding tert-OH is 1. The molecule has 260 valence electrons. The highest BCUT2D eigenvalue weighted by molar-refractivity contribution is 7.51. The van der Waals surface area contributed by atoms with Crippen molar-refractivity contribution in [1.82, 2.24) is 14.6 Å². The number of nitrogen functional groups attached to an aromatic ring is 1. The molecule has 0 saturated carbocycles. The fourth-order valence-corrected chi connectivity index (χ4v) is 6.35. The summed E-state index contributed by atoms with van der Waals surface area (Å²) in [6.07, 6.45) is -5.52. The molecule has 1 saturated heterocycles. The number of nitrogens with zero attached hydrogens (tertiary/aromatic N) is 3. The summed E-state index contributed by atoms with van der Waals surface area (Å²) in [7, 11) is -4.30. The molecule has 4 atom stereocenters. The number of anilines is 1. The monoisotopic (exact) mass is 705 g/mol. The summed E-state index contributed by atoms with van der Waals surface area (Å²) in [5.74, 6) is -4.46. The third-order valence-electron chi connectivity index (χ3n) is 7.19. The number of rotatable bonds is 13. The Balaban J connectivity index is 1.29. The van der Waals surface area contributed by atoms with Gasteiger partial charge in [-0.1, -0.05) is 24.3 Å². The Morgan fingerprint density at radius 1 is 1.10 bits per heavy atom.